The van der Waals surface area contributed by atoms with E-state index in [1.165, 1.54) is 44.6 Å². The number of amides is 17. The Morgan fingerprint density at radius 1 is 0.585 bits per heavy atom. The molecule has 2 saturated heterocycles. The molecule has 7 rings (SSSR count). The highest BCUT2D eigenvalue weighted by molar-refractivity contribution is 8.00. The van der Waals surface area contributed by atoms with E-state index in [9.17, 15) is 63.3 Å². The van der Waals surface area contributed by atoms with Crippen molar-refractivity contribution in [3.05, 3.63) is 101 Å². The summed E-state index contributed by atoms with van der Waals surface area (Å²) in [5, 5.41) is 71.7. The Labute approximate surface area is 760 Å². The highest BCUT2D eigenvalue weighted by Crippen LogP contribution is 2.30. The number of para-hydroxylation sites is 1. The van der Waals surface area contributed by atoms with Crippen molar-refractivity contribution in [2.75, 3.05) is 65.4 Å². The van der Waals surface area contributed by atoms with Gasteiger partial charge in [0.05, 0.1) is 43.9 Å². The number of nitrogens with zero attached hydrogens (tertiary/aromatic N) is 4. The number of primary amides is 3. The van der Waals surface area contributed by atoms with Crippen LogP contribution in [0.2, 0.25) is 0 Å². The SMILES string of the molecule is CCCC[C@@H](C(=O)N(C)[C@@H](CCCC)C(=O)N[C@@H](CCCNC(=N)N)C(=O)NC(CSCC(=O)N[C@@H](Cc1ccc(O)cc1)C(=O)NC)C(=O)NCC(N)=O)N(C)C(=O)[C@H](Cc1csc2ccccc12)NC(=O)[C@H](CO)NC(=O)[C@H](Cc1c[nH]c2ccccc12)NC(=O)[C@@H]1C[C@@H](O)CN1C(=O)[C@H](CC(C)C)NC(=O)[C@H](CC(N)=O)NC(=O)[C@@H]1CCCN1C(=O)[C@@H](N)CC(N)=O. The minimum atomic E-state index is -1.89. The number of guanidine groups is 1. The molecule has 5 aromatic rings. The molecule has 2 aliphatic heterocycles. The molecular weight excluding hydrogens is 1730 g/mol. The monoisotopic (exact) mass is 1850 g/mol. The highest BCUT2D eigenvalue weighted by Gasteiger charge is 2.46. The predicted molar refractivity (Wildman–Crippen MR) is 483 cm³/mol. The van der Waals surface area contributed by atoms with Crippen molar-refractivity contribution >= 4 is 150 Å². The van der Waals surface area contributed by atoms with E-state index in [1.807, 2.05) is 26.0 Å². The number of phenolic OH excluding ortho intramolecular Hbond substituents is 1. The molecule has 0 saturated carbocycles. The van der Waals surface area contributed by atoms with Gasteiger partial charge in [-0.15, -0.1) is 23.1 Å². The van der Waals surface area contributed by atoms with E-state index in [4.69, 9.17) is 34.1 Å². The van der Waals surface area contributed by atoms with E-state index in [0.717, 1.165) is 36.1 Å². The van der Waals surface area contributed by atoms with E-state index >= 15 is 33.6 Å². The predicted octanol–water partition coefficient (Wildman–Crippen LogP) is -3.56. The molecule has 3 aromatic carbocycles. The minimum absolute atomic E-state index is 0.00103. The first-order chi connectivity index (χ1) is 61.8. The number of nitrogens with one attached hydrogen (secondary N) is 13. The molecular formula is C86H124N22O20S2. The molecule has 0 spiro atoms. The first-order valence-corrected chi connectivity index (χ1v) is 45.2. The zero-order valence-corrected chi connectivity index (χ0v) is 75.6. The Kier molecular flexibility index (Phi) is 41.0. The molecule has 42 nitrogen and oxygen atoms in total. The van der Waals surface area contributed by atoms with Crippen LogP contribution in [0.25, 0.3) is 21.0 Å². The van der Waals surface area contributed by atoms with Crippen LogP contribution in [0.1, 0.15) is 134 Å². The molecule has 0 aliphatic carbocycles. The van der Waals surface area contributed by atoms with Gasteiger partial charge in [-0.3, -0.25) is 86.9 Å². The summed E-state index contributed by atoms with van der Waals surface area (Å²) in [5.74, 6) is -16.5. The molecule has 1 unspecified atom stereocenters. The average Bonchev–Trinajstić information content (AvgIpc) is 1.64. The molecule has 14 atom stereocenters. The summed E-state index contributed by atoms with van der Waals surface area (Å²) in [7, 11) is 4.08. The maximum absolute atomic E-state index is 15.7. The van der Waals surface area contributed by atoms with Crippen LogP contribution in [0.4, 0.5) is 0 Å². The number of phenols is 1. The van der Waals surface area contributed by atoms with Gasteiger partial charge < -0.3 is 127 Å². The summed E-state index contributed by atoms with van der Waals surface area (Å²) in [4.78, 5) is 247. The Morgan fingerprint density at radius 2 is 1.16 bits per heavy atom. The molecule has 44 heteroatoms. The number of thiophene rings is 1. The first kappa shape index (κ1) is 105. The van der Waals surface area contributed by atoms with Gasteiger partial charge in [0.25, 0.3) is 0 Å². The number of aromatic hydroxyl groups is 1. The quantitative estimate of drug-likeness (QED) is 0.0102. The number of aromatic amines is 1. The molecule has 2 aliphatic rings. The molecule has 2 aromatic heterocycles. The lowest BCUT2D eigenvalue weighted by molar-refractivity contribution is -0.149. The van der Waals surface area contributed by atoms with Crippen LogP contribution in [0.15, 0.2) is 84.4 Å². The average molecular weight is 1850 g/mol. The number of aliphatic hydroxyl groups is 2. The summed E-state index contributed by atoms with van der Waals surface area (Å²) < 4.78 is 0.806. The third-order valence-corrected chi connectivity index (χ3v) is 24.4. The number of β-amino-alcohol motifs (C(OH)–C–C–N with tert-alkyl or cyclic N) is 1. The summed E-state index contributed by atoms with van der Waals surface area (Å²) >= 11 is 2.21. The number of hydrogen-bond donors (Lipinski definition) is 21. The third kappa shape index (κ3) is 30.8. The van der Waals surface area contributed by atoms with Gasteiger partial charge in [0.2, 0.25) is 100 Å². The summed E-state index contributed by atoms with van der Waals surface area (Å²) in [5.41, 5.74) is 30.0. The van der Waals surface area contributed by atoms with Crippen molar-refractivity contribution in [3.63, 3.8) is 0 Å². The van der Waals surface area contributed by atoms with Crippen molar-refractivity contribution in [2.24, 2.45) is 34.6 Å². The van der Waals surface area contributed by atoms with Gasteiger partial charge in [-0.2, -0.15) is 0 Å². The van der Waals surface area contributed by atoms with E-state index in [2.05, 4.69) is 63.5 Å². The molecule has 0 bridgehead atoms. The van der Waals surface area contributed by atoms with Crippen molar-refractivity contribution in [2.45, 2.75) is 221 Å². The highest BCUT2D eigenvalue weighted by atomic mass is 32.2. The lowest BCUT2D eigenvalue weighted by atomic mass is 10.00. The molecule has 17 amide bonds. The number of likely N-dealkylation sites (tertiary alicyclic amines) is 2. The lowest BCUT2D eigenvalue weighted by Gasteiger charge is -2.36. The second-order valence-electron chi connectivity index (χ2n) is 32.8. The van der Waals surface area contributed by atoms with Crippen LogP contribution in [0.3, 0.4) is 0 Å². The van der Waals surface area contributed by atoms with Gasteiger partial charge in [-0.05, 0) is 103 Å². The Hall–Kier alpha value is -12.5. The first-order valence-electron chi connectivity index (χ1n) is 43.2. The maximum atomic E-state index is 15.7. The summed E-state index contributed by atoms with van der Waals surface area (Å²) in [6.45, 7) is 4.97. The fourth-order valence-corrected chi connectivity index (χ4v) is 17.3. The van der Waals surface area contributed by atoms with Gasteiger partial charge >= 0.3 is 0 Å². The molecule has 4 heterocycles. The number of benzene rings is 3. The van der Waals surface area contributed by atoms with E-state index in [-0.39, 0.29) is 94.1 Å². The number of thioether (sulfide) groups is 1. The van der Waals surface area contributed by atoms with E-state index < -0.39 is 230 Å². The molecule has 710 valence electrons. The van der Waals surface area contributed by atoms with Crippen LogP contribution in [0, 0.1) is 11.3 Å². The van der Waals surface area contributed by atoms with Gasteiger partial charge in [0.1, 0.15) is 78.3 Å². The number of carbonyl (C=O) groups excluding carboxylic acids is 17. The second-order valence-corrected chi connectivity index (χ2v) is 34.7. The maximum Gasteiger partial charge on any atom is 0.245 e. The number of aromatic nitrogens is 1. The normalized spacial score (nSPS) is 16.7. The lowest BCUT2D eigenvalue weighted by Crippen LogP contribution is -2.61. The summed E-state index contributed by atoms with van der Waals surface area (Å²) in [6, 6.07) is 0.919. The fraction of sp³-hybridized carbons (Fsp3) is 0.535. The van der Waals surface area contributed by atoms with Gasteiger partial charge in [0, 0.05) is 94.0 Å². The van der Waals surface area contributed by atoms with E-state index in [0.29, 0.717) is 65.1 Å². The minimum Gasteiger partial charge on any atom is -0.508 e. The van der Waals surface area contributed by atoms with Crippen molar-refractivity contribution in [1.29, 1.82) is 5.41 Å². The Balaban J connectivity index is 1.13. The second kappa shape index (κ2) is 51.0. The van der Waals surface area contributed by atoms with Gasteiger partial charge in [-0.1, -0.05) is 102 Å². The van der Waals surface area contributed by atoms with Crippen LogP contribution >= 0.6 is 23.1 Å². The molecule has 26 N–H and O–H groups in total. The smallest absolute Gasteiger partial charge is 0.245 e. The van der Waals surface area contributed by atoms with E-state index in [1.54, 1.807) is 74.0 Å². The molecule has 2 fully saturated rings. The zero-order valence-electron chi connectivity index (χ0n) is 74.0. The van der Waals surface area contributed by atoms with Gasteiger partial charge in [0.15, 0.2) is 5.96 Å². The van der Waals surface area contributed by atoms with Crippen molar-refractivity contribution < 1.29 is 96.8 Å². The topological polar surface area (TPSA) is 666 Å². The standard InChI is InChI=1S/C86H124N22O20S2/c1-8-10-22-64(79(122)98-56(21-16-30-94-86(91)92)75(118)104-63(74(117)96-40-71(90)114)44-129-45-72(115)97-57(73(116)93-5)33-47-26-28-50(110)29-27-47)105(6)85(128)66(23-11-9-2)106(7)83(126)61(35-49-43-130-68-25-15-13-19-53(49)68)102-78(121)62(42-109)103-76(119)58(34-48-39-95-55-20-14-12-18-52(48)55)99-81(124)67-36-51(111)41-108(67)84(127)60(32-46(3)4)101-77(120)59(38-70(89)113)100-80(123)65-24-17-31-107(65)82(125)54(87)37-69(88)112/h12-15,18-20,25-29,39,43,46,51,54,56-67,95,109-111H,8-11,16-17,21-24,30-38,40-42,44-45,87H2,1-7H3,(H2,88,112)(H2,89,113)(H2,90,114)(H,93,116)(H,96,117)(H,97,115)(H,98,122)(H,99,124)(H,100,123)(H,101,120)(H,102,121)(H,103,119)(H,104,118)(H4,91,92,94)/t51-,54+,56+,57+,58+,59+,60+,61+,62+,63?,64+,65+,66+,67+/m1/s1. The zero-order chi connectivity index (χ0) is 95.8. The summed E-state index contributed by atoms with van der Waals surface area (Å²) in [6.07, 6.45) is -0.0574. The number of hydrogen-bond acceptors (Lipinski definition) is 24. The number of likely N-dealkylation sites (N-methyl/N-ethyl adjacent to an activating group) is 3. The number of H-pyrrole nitrogens is 1. The Morgan fingerprint density at radius 3 is 1.81 bits per heavy atom. The largest absolute Gasteiger partial charge is 0.508 e. The fourth-order valence-electron chi connectivity index (χ4n) is 15.5. The number of fused-ring (bicyclic) bond motifs is 2. The van der Waals surface area contributed by atoms with Crippen LogP contribution < -0.4 is 87.2 Å². The third-order valence-electron chi connectivity index (χ3n) is 22.3. The van der Waals surface area contributed by atoms with Crippen LogP contribution in [0.5, 0.6) is 5.75 Å². The molecule has 0 radical (unpaired) electrons. The van der Waals surface area contributed by atoms with Gasteiger partial charge in [-0.25, -0.2) is 0 Å². The van der Waals surface area contributed by atoms with Crippen LogP contribution in [-0.4, -0.2) is 296 Å². The van der Waals surface area contributed by atoms with Crippen LogP contribution in [-0.2, 0) is 101 Å². The number of unbranched alkanes of at least 4 members (excludes halogenated alkanes) is 2. The number of aliphatic hydroxyl groups excluding tert-OH is 2. The Bertz CT molecular complexity index is 4840. The number of rotatable bonds is 52. The number of nitrogens with two attached hydrogens (primary N) is 5. The van der Waals surface area contributed by atoms with Crippen molar-refractivity contribution in [3.8, 4) is 5.75 Å². The van der Waals surface area contributed by atoms with Crippen molar-refractivity contribution in [1.82, 2.24) is 83.1 Å². The molecule has 130 heavy (non-hydrogen) atoms. The number of carbonyl (C=O) groups is 17.